The van der Waals surface area contributed by atoms with E-state index in [0.717, 1.165) is 0 Å². The Kier molecular flexibility index (Phi) is 5.37. The van der Waals surface area contributed by atoms with E-state index in [1.54, 1.807) is 32.0 Å². The summed E-state index contributed by atoms with van der Waals surface area (Å²) >= 11 is 3.25. The van der Waals surface area contributed by atoms with E-state index in [1.807, 2.05) is 0 Å². The number of carbonyl (C=O) groups excluding carboxylic acids is 1. The molecule has 19 heavy (non-hydrogen) atoms. The predicted octanol–water partition coefficient (Wildman–Crippen LogP) is 2.04. The van der Waals surface area contributed by atoms with E-state index in [1.165, 1.54) is 0 Å². The number of nitrogen functional groups attached to an aromatic ring is 1. The molecule has 0 bridgehead atoms. The molecule has 0 spiro atoms. The fourth-order valence-corrected chi connectivity index (χ4v) is 3.69. The van der Waals surface area contributed by atoms with E-state index in [-0.39, 0.29) is 11.7 Å². The molecule has 0 heterocycles. The van der Waals surface area contributed by atoms with Gasteiger partial charge in [-0.3, -0.25) is 4.79 Å². The van der Waals surface area contributed by atoms with Crippen molar-refractivity contribution in [1.29, 1.82) is 0 Å². The van der Waals surface area contributed by atoms with Crippen LogP contribution in [0.25, 0.3) is 0 Å². The number of nitrogens with two attached hydrogens (primary N) is 1. The molecule has 1 aromatic rings. The highest BCUT2D eigenvalue weighted by Crippen LogP contribution is 2.24. The third-order valence-corrected chi connectivity index (χ3v) is 4.74. The summed E-state index contributed by atoms with van der Waals surface area (Å²) in [6.07, 6.45) is 0. The normalized spacial score (nSPS) is 11.6. The van der Waals surface area contributed by atoms with Crippen molar-refractivity contribution < 1.29 is 13.2 Å². The van der Waals surface area contributed by atoms with E-state index in [0.29, 0.717) is 15.8 Å². The third-order valence-electron chi connectivity index (χ3n) is 2.21. The zero-order valence-corrected chi connectivity index (χ0v) is 13.2. The number of sulfone groups is 1. The molecule has 0 aliphatic carbocycles. The molecule has 0 saturated carbocycles. The monoisotopic (exact) mass is 348 g/mol. The average Bonchev–Trinajstić information content (AvgIpc) is 2.19. The topological polar surface area (TPSA) is 89.3 Å². The molecule has 0 atom stereocenters. The lowest BCUT2D eigenvalue weighted by Crippen LogP contribution is -2.26. The van der Waals surface area contributed by atoms with E-state index in [4.69, 9.17) is 5.73 Å². The van der Waals surface area contributed by atoms with Gasteiger partial charge in [0.2, 0.25) is 5.91 Å². The molecular formula is C12H17BrN2O3S. The van der Waals surface area contributed by atoms with Crippen LogP contribution < -0.4 is 11.1 Å². The summed E-state index contributed by atoms with van der Waals surface area (Å²) in [6, 6.07) is 4.88. The van der Waals surface area contributed by atoms with Crippen LogP contribution in [0.5, 0.6) is 0 Å². The van der Waals surface area contributed by atoms with Gasteiger partial charge in [0.1, 0.15) is 5.75 Å². The SMILES string of the molecule is CC(C)CS(=O)(=O)CC(=O)Nc1ccc(N)cc1Br. The van der Waals surface area contributed by atoms with Crippen LogP contribution in [0.3, 0.4) is 0 Å². The fraction of sp³-hybridized carbons (Fsp3) is 0.417. The second-order valence-electron chi connectivity index (χ2n) is 4.74. The Morgan fingerprint density at radius 2 is 2.05 bits per heavy atom. The van der Waals surface area contributed by atoms with Crippen molar-refractivity contribution in [2.75, 3.05) is 22.6 Å². The first-order chi connectivity index (χ1) is 8.69. The minimum absolute atomic E-state index is 0.000981. The van der Waals surface area contributed by atoms with Crippen LogP contribution in [0, 0.1) is 5.92 Å². The van der Waals surface area contributed by atoms with Crippen molar-refractivity contribution in [3.63, 3.8) is 0 Å². The first kappa shape index (κ1) is 16.0. The first-order valence-electron chi connectivity index (χ1n) is 5.75. The van der Waals surface area contributed by atoms with Gasteiger partial charge in [0, 0.05) is 10.2 Å². The molecule has 0 unspecified atom stereocenters. The molecular weight excluding hydrogens is 332 g/mol. The molecule has 1 rings (SSSR count). The number of carbonyl (C=O) groups is 1. The van der Waals surface area contributed by atoms with Gasteiger partial charge in [-0.25, -0.2) is 8.42 Å². The zero-order valence-electron chi connectivity index (χ0n) is 10.8. The summed E-state index contributed by atoms with van der Waals surface area (Å²) in [5.41, 5.74) is 6.63. The predicted molar refractivity (Wildman–Crippen MR) is 80.7 cm³/mol. The minimum atomic E-state index is -3.37. The van der Waals surface area contributed by atoms with Gasteiger partial charge in [0.15, 0.2) is 9.84 Å². The maximum atomic E-state index is 11.7. The summed E-state index contributed by atoms with van der Waals surface area (Å²) in [5.74, 6) is -1.06. The number of amides is 1. The van der Waals surface area contributed by atoms with Gasteiger partial charge in [-0.1, -0.05) is 13.8 Å². The van der Waals surface area contributed by atoms with Crippen molar-refractivity contribution in [3.8, 4) is 0 Å². The number of benzene rings is 1. The molecule has 3 N–H and O–H groups in total. The zero-order chi connectivity index (χ0) is 14.6. The van der Waals surface area contributed by atoms with E-state index >= 15 is 0 Å². The van der Waals surface area contributed by atoms with E-state index < -0.39 is 21.5 Å². The first-order valence-corrected chi connectivity index (χ1v) is 8.36. The Morgan fingerprint density at radius 1 is 1.42 bits per heavy atom. The molecule has 106 valence electrons. The van der Waals surface area contributed by atoms with Crippen LogP contribution in [0.4, 0.5) is 11.4 Å². The summed E-state index contributed by atoms with van der Waals surface area (Å²) in [4.78, 5) is 11.7. The van der Waals surface area contributed by atoms with Gasteiger partial charge in [-0.15, -0.1) is 0 Å². The summed E-state index contributed by atoms with van der Waals surface area (Å²) in [6.45, 7) is 3.60. The molecule has 5 nitrogen and oxygen atoms in total. The number of anilines is 2. The molecule has 0 aliphatic heterocycles. The summed E-state index contributed by atoms with van der Waals surface area (Å²) in [5, 5.41) is 2.55. The minimum Gasteiger partial charge on any atom is -0.399 e. The van der Waals surface area contributed by atoms with Crippen LogP contribution in [0.15, 0.2) is 22.7 Å². The largest absolute Gasteiger partial charge is 0.399 e. The number of hydrogen-bond donors (Lipinski definition) is 2. The maximum absolute atomic E-state index is 11.7. The van der Waals surface area contributed by atoms with Crippen LogP contribution in [-0.2, 0) is 14.6 Å². The molecule has 0 fully saturated rings. The highest BCUT2D eigenvalue weighted by molar-refractivity contribution is 9.10. The number of rotatable bonds is 5. The molecule has 1 aromatic carbocycles. The number of hydrogen-bond acceptors (Lipinski definition) is 4. The van der Waals surface area contributed by atoms with Crippen molar-refractivity contribution in [1.82, 2.24) is 0 Å². The van der Waals surface area contributed by atoms with Crippen LogP contribution in [-0.4, -0.2) is 25.8 Å². The van der Waals surface area contributed by atoms with Crippen molar-refractivity contribution in [2.24, 2.45) is 5.92 Å². The molecule has 1 amide bonds. The van der Waals surface area contributed by atoms with Gasteiger partial charge in [-0.2, -0.15) is 0 Å². The number of nitrogens with one attached hydrogen (secondary N) is 1. The van der Waals surface area contributed by atoms with E-state index in [9.17, 15) is 13.2 Å². The van der Waals surface area contributed by atoms with Gasteiger partial charge < -0.3 is 11.1 Å². The summed E-state index contributed by atoms with van der Waals surface area (Å²) in [7, 11) is -3.37. The van der Waals surface area contributed by atoms with Gasteiger partial charge in [0.05, 0.1) is 11.4 Å². The average molecular weight is 349 g/mol. The summed E-state index contributed by atoms with van der Waals surface area (Å²) < 4.78 is 24.0. The smallest absolute Gasteiger partial charge is 0.239 e. The second kappa shape index (κ2) is 6.38. The van der Waals surface area contributed by atoms with Gasteiger partial charge in [0.25, 0.3) is 0 Å². The Labute approximate surface area is 121 Å². The second-order valence-corrected chi connectivity index (χ2v) is 7.70. The highest BCUT2D eigenvalue weighted by Gasteiger charge is 2.18. The fourth-order valence-electron chi connectivity index (χ4n) is 1.59. The number of halogens is 1. The highest BCUT2D eigenvalue weighted by atomic mass is 79.9. The Morgan fingerprint density at radius 3 is 2.58 bits per heavy atom. The van der Waals surface area contributed by atoms with Crippen molar-refractivity contribution >= 4 is 43.0 Å². The lowest BCUT2D eigenvalue weighted by molar-refractivity contribution is -0.113. The van der Waals surface area contributed by atoms with Crippen molar-refractivity contribution in [3.05, 3.63) is 22.7 Å². The van der Waals surface area contributed by atoms with Crippen LogP contribution in [0.2, 0.25) is 0 Å². The van der Waals surface area contributed by atoms with Gasteiger partial charge in [-0.05, 0) is 40.0 Å². The van der Waals surface area contributed by atoms with Crippen LogP contribution >= 0.6 is 15.9 Å². The Bertz CT molecular complexity index is 570. The standard InChI is InChI=1S/C12H17BrN2O3S/c1-8(2)6-19(17,18)7-12(16)15-11-4-3-9(14)5-10(11)13/h3-5,8H,6-7,14H2,1-2H3,(H,15,16). The molecule has 7 heteroatoms. The third kappa shape index (κ3) is 5.61. The van der Waals surface area contributed by atoms with Gasteiger partial charge >= 0.3 is 0 Å². The van der Waals surface area contributed by atoms with Crippen LogP contribution in [0.1, 0.15) is 13.8 Å². The molecule has 0 aromatic heterocycles. The lowest BCUT2D eigenvalue weighted by Gasteiger charge is -2.09. The molecule has 0 aliphatic rings. The quantitative estimate of drug-likeness (QED) is 0.796. The lowest BCUT2D eigenvalue weighted by atomic mass is 10.3. The Balaban J connectivity index is 2.70. The molecule has 0 radical (unpaired) electrons. The van der Waals surface area contributed by atoms with E-state index in [2.05, 4.69) is 21.2 Å². The van der Waals surface area contributed by atoms with Crippen molar-refractivity contribution in [2.45, 2.75) is 13.8 Å². The Hall–Kier alpha value is -1.08. The molecule has 0 saturated heterocycles. The maximum Gasteiger partial charge on any atom is 0.239 e.